The molecule has 0 bridgehead atoms. The van der Waals surface area contributed by atoms with E-state index in [1.54, 1.807) is 37.1 Å². The molecule has 318 valence electrons. The lowest BCUT2D eigenvalue weighted by Crippen LogP contribution is -2.54. The summed E-state index contributed by atoms with van der Waals surface area (Å²) < 4.78 is 33.2. The zero-order valence-corrected chi connectivity index (χ0v) is 34.5. The summed E-state index contributed by atoms with van der Waals surface area (Å²) in [5.74, 6) is -0.278. The largest absolute Gasteiger partial charge is 0.338 e. The molecule has 0 radical (unpaired) electrons. The van der Waals surface area contributed by atoms with E-state index in [4.69, 9.17) is 5.10 Å². The first-order chi connectivity index (χ1) is 29.4. The number of rotatable bonds is 8. The molecule has 0 spiro atoms. The van der Waals surface area contributed by atoms with Crippen LogP contribution in [0.3, 0.4) is 0 Å². The van der Waals surface area contributed by atoms with Gasteiger partial charge >= 0.3 is 0 Å². The molecule has 61 heavy (non-hydrogen) atoms. The number of benzene rings is 2. The lowest BCUT2D eigenvalue weighted by molar-refractivity contribution is -0.136. The second kappa shape index (κ2) is 15.3. The minimum absolute atomic E-state index is 0.00594. The molecule has 1 saturated heterocycles. The second-order valence-corrected chi connectivity index (χ2v) is 17.8. The smallest absolute Gasteiger partial charge is 0.264 e. The maximum absolute atomic E-state index is 14.7. The maximum Gasteiger partial charge on any atom is 0.264 e. The lowest BCUT2D eigenvalue weighted by atomic mass is 9.81. The van der Waals surface area contributed by atoms with Crippen LogP contribution in [0.15, 0.2) is 36.7 Å². The van der Waals surface area contributed by atoms with Gasteiger partial charge < -0.3 is 9.80 Å². The van der Waals surface area contributed by atoms with Crippen molar-refractivity contribution in [2.45, 2.75) is 103 Å². The minimum atomic E-state index is -2.67. The van der Waals surface area contributed by atoms with Crippen LogP contribution >= 0.6 is 0 Å². The topological polar surface area (TPSA) is 146 Å². The van der Waals surface area contributed by atoms with Crippen molar-refractivity contribution in [1.29, 1.82) is 0 Å². The van der Waals surface area contributed by atoms with Gasteiger partial charge in [0.15, 0.2) is 5.82 Å². The Balaban J connectivity index is 0.821. The summed E-state index contributed by atoms with van der Waals surface area (Å²) in [6.07, 6.45) is 7.46. The normalized spacial score (nSPS) is 22.8. The molecule has 10 rings (SSSR count). The Morgan fingerprint density at radius 3 is 2.16 bits per heavy atom. The van der Waals surface area contributed by atoms with Crippen LogP contribution in [-0.4, -0.2) is 89.5 Å². The Morgan fingerprint density at radius 2 is 1.52 bits per heavy atom. The van der Waals surface area contributed by atoms with Crippen molar-refractivity contribution in [3.8, 4) is 11.1 Å². The molecule has 5 amide bonds. The van der Waals surface area contributed by atoms with Crippen molar-refractivity contribution < 1.29 is 32.8 Å². The maximum atomic E-state index is 14.7. The van der Waals surface area contributed by atoms with Crippen LogP contribution in [0.2, 0.25) is 0 Å². The van der Waals surface area contributed by atoms with Gasteiger partial charge in [-0.05, 0) is 103 Å². The molecule has 1 atom stereocenters. The number of halogens is 2. The average molecular weight is 834 g/mol. The van der Waals surface area contributed by atoms with Crippen molar-refractivity contribution in [2.24, 2.45) is 18.9 Å². The van der Waals surface area contributed by atoms with Crippen molar-refractivity contribution >= 4 is 41.0 Å². The number of nitrogens with one attached hydrogen (secondary N) is 1. The van der Waals surface area contributed by atoms with Gasteiger partial charge in [0, 0.05) is 100 Å². The molecular weight excluding hydrogens is 785 g/mol. The highest BCUT2D eigenvalue weighted by Gasteiger charge is 2.45. The van der Waals surface area contributed by atoms with E-state index in [2.05, 4.69) is 24.9 Å². The molecule has 2 aromatic carbocycles. The van der Waals surface area contributed by atoms with Crippen LogP contribution in [0.5, 0.6) is 0 Å². The summed E-state index contributed by atoms with van der Waals surface area (Å²) in [5, 5.41) is 11.8. The summed E-state index contributed by atoms with van der Waals surface area (Å²) in [7, 11) is 1.78. The number of carbonyl (C=O) groups is 5. The van der Waals surface area contributed by atoms with Crippen molar-refractivity contribution in [3.05, 3.63) is 81.3 Å². The Bertz CT molecular complexity index is 2460. The summed E-state index contributed by atoms with van der Waals surface area (Å²) in [6.45, 7) is 6.33. The van der Waals surface area contributed by atoms with Crippen LogP contribution in [0.1, 0.15) is 113 Å². The molecule has 2 fully saturated rings. The minimum Gasteiger partial charge on any atom is -0.338 e. The van der Waals surface area contributed by atoms with Crippen LogP contribution < -0.4 is 10.2 Å². The molecule has 1 unspecified atom stereocenters. The first-order valence-electron chi connectivity index (χ1n) is 21.6. The highest BCUT2D eigenvalue weighted by atomic mass is 19.3. The number of hydrogen-bond acceptors (Lipinski definition) is 9. The number of fused-ring (bicyclic) bond motifs is 4. The third kappa shape index (κ3) is 7.01. The third-order valence-corrected chi connectivity index (χ3v) is 13.9. The molecule has 1 N–H and O–H groups in total. The fourth-order valence-corrected chi connectivity index (χ4v) is 10.7. The molecule has 1 aliphatic carbocycles. The lowest BCUT2D eigenvalue weighted by Gasteiger charge is -2.33. The van der Waals surface area contributed by atoms with Gasteiger partial charge in [0.25, 0.3) is 18.2 Å². The first kappa shape index (κ1) is 39.4. The third-order valence-electron chi connectivity index (χ3n) is 13.9. The molecule has 5 aliphatic heterocycles. The predicted molar refractivity (Wildman–Crippen MR) is 219 cm³/mol. The van der Waals surface area contributed by atoms with Gasteiger partial charge in [0.05, 0.1) is 23.9 Å². The molecule has 7 heterocycles. The fourth-order valence-electron chi connectivity index (χ4n) is 10.7. The second-order valence-electron chi connectivity index (χ2n) is 17.8. The molecule has 6 aliphatic rings. The van der Waals surface area contributed by atoms with Crippen molar-refractivity contribution in [2.75, 3.05) is 24.5 Å². The molecule has 1 saturated carbocycles. The van der Waals surface area contributed by atoms with Gasteiger partial charge in [-0.2, -0.15) is 10.2 Å². The Hall–Kier alpha value is -5.77. The summed E-state index contributed by atoms with van der Waals surface area (Å²) in [4.78, 5) is 71.0. The zero-order chi connectivity index (χ0) is 42.3. The van der Waals surface area contributed by atoms with Crippen molar-refractivity contribution in [1.82, 2.24) is 39.6 Å². The number of anilines is 2. The number of imide groups is 2. The average Bonchev–Trinajstić information content (AvgIpc) is 4.00. The molecule has 16 heteroatoms. The van der Waals surface area contributed by atoms with Gasteiger partial charge in [0.2, 0.25) is 17.7 Å². The monoisotopic (exact) mass is 833 g/mol. The van der Waals surface area contributed by atoms with Gasteiger partial charge in [-0.15, -0.1) is 0 Å². The highest BCUT2D eigenvalue weighted by Crippen LogP contribution is 2.44. The van der Waals surface area contributed by atoms with Crippen LogP contribution in [0.4, 0.5) is 20.3 Å². The molecule has 2 aromatic heterocycles. The predicted octanol–water partition coefficient (Wildman–Crippen LogP) is 5.43. The van der Waals surface area contributed by atoms with Crippen LogP contribution in [0.25, 0.3) is 11.1 Å². The van der Waals surface area contributed by atoms with Gasteiger partial charge in [-0.25, -0.2) is 8.78 Å². The van der Waals surface area contributed by atoms with E-state index in [-0.39, 0.29) is 24.3 Å². The number of aromatic nitrogens is 4. The van der Waals surface area contributed by atoms with E-state index in [9.17, 15) is 32.8 Å². The fraction of sp³-hybridized carbons (Fsp3) is 0.489. The van der Waals surface area contributed by atoms with E-state index < -0.39 is 36.1 Å². The summed E-state index contributed by atoms with van der Waals surface area (Å²) >= 11 is 0. The van der Waals surface area contributed by atoms with E-state index in [1.807, 2.05) is 23.1 Å². The molecule has 4 aromatic rings. The quantitative estimate of drug-likeness (QED) is 0.230. The Kier molecular flexibility index (Phi) is 9.87. The number of amides is 5. The van der Waals surface area contributed by atoms with Crippen LogP contribution in [-0.2, 0) is 60.5 Å². The van der Waals surface area contributed by atoms with E-state index >= 15 is 0 Å². The van der Waals surface area contributed by atoms with E-state index in [0.29, 0.717) is 73.2 Å². The number of piperidine rings is 1. The van der Waals surface area contributed by atoms with Gasteiger partial charge in [0.1, 0.15) is 6.04 Å². The van der Waals surface area contributed by atoms with Crippen LogP contribution in [0, 0.1) is 11.8 Å². The number of nitrogens with zero attached hydrogens (tertiary/aromatic N) is 8. The number of carbonyl (C=O) groups excluding carboxylic acids is 5. The van der Waals surface area contributed by atoms with E-state index in [1.165, 1.54) is 0 Å². The SMILES string of the molecule is CC(=O)N1CCc2c(c(N3CCCc4cc(-c5cnn(C)c5)c(C(F)F)cc43)nn2CC2CCC(CN3Cc4cc5c(cc4C3)C(=O)N(C3CCC(=O)NC3=O)C5=O)CC2)C1. The Morgan fingerprint density at radius 1 is 0.836 bits per heavy atom. The number of aryl methyl sites for hydroxylation is 2. The number of alkyl halides is 2. The summed E-state index contributed by atoms with van der Waals surface area (Å²) in [6, 6.07) is 6.21. The zero-order valence-electron chi connectivity index (χ0n) is 34.5. The number of hydrogen-bond donors (Lipinski definition) is 1. The Labute approximate surface area is 351 Å². The van der Waals surface area contributed by atoms with Gasteiger partial charge in [-0.1, -0.05) is 0 Å². The highest BCUT2D eigenvalue weighted by molar-refractivity contribution is 6.23. The first-order valence-corrected chi connectivity index (χ1v) is 21.6. The molecular formula is C45H49F2N9O5. The van der Waals surface area contributed by atoms with E-state index in [0.717, 1.165) is 96.0 Å². The standard InChI is InChI=1S/C45H49F2N9O5/c1-25(57)53-13-11-37-36(24-53)42(54-12-3-4-28-14-32(31-18-48-51(2)21-31)33(41(46)47)17-39(28)54)50-55(37)20-27-7-5-26(6-8-27)19-52-22-29-15-34-35(16-30(29)23-52)45(61)56(44(34)60)38-9-10-40(58)49-43(38)59/h14-18,21,26-27,38,41H,3-13,19-20,22-24H2,1-2H3,(H,49,58,59). The van der Waals surface area contributed by atoms with Crippen molar-refractivity contribution in [3.63, 3.8) is 0 Å². The molecule has 14 nitrogen and oxygen atoms in total. The summed E-state index contributed by atoms with van der Waals surface area (Å²) in [5.41, 5.74) is 7.72. The van der Waals surface area contributed by atoms with Gasteiger partial charge in [-0.3, -0.25) is 48.5 Å².